The van der Waals surface area contributed by atoms with Gasteiger partial charge in [-0.25, -0.2) is 0 Å². The summed E-state index contributed by atoms with van der Waals surface area (Å²) in [7, 11) is 0. The van der Waals surface area contributed by atoms with Crippen LogP contribution in [-0.2, 0) is 20.7 Å². The summed E-state index contributed by atoms with van der Waals surface area (Å²) in [4.78, 5) is 31.2. The lowest BCUT2D eigenvalue weighted by Gasteiger charge is -2.37. The highest BCUT2D eigenvalue weighted by Crippen LogP contribution is 2.44. The maximum absolute atomic E-state index is 12.9. The summed E-state index contributed by atoms with van der Waals surface area (Å²) in [5, 5.41) is 3.06. The van der Waals surface area contributed by atoms with Crippen LogP contribution in [-0.4, -0.2) is 54.5 Å². The Kier molecular flexibility index (Phi) is 5.68. The van der Waals surface area contributed by atoms with Crippen LogP contribution in [0.15, 0.2) is 24.4 Å². The van der Waals surface area contributed by atoms with E-state index in [4.69, 9.17) is 4.74 Å². The van der Waals surface area contributed by atoms with Crippen LogP contribution in [0.3, 0.4) is 0 Å². The number of aromatic nitrogens is 1. The molecule has 2 aliphatic rings. The van der Waals surface area contributed by atoms with Crippen molar-refractivity contribution in [3.05, 3.63) is 30.1 Å². The number of ether oxygens (including phenoxy) is 1. The number of pyridine rings is 1. The number of hydrogen-bond donors (Lipinski definition) is 1. The van der Waals surface area contributed by atoms with Crippen molar-refractivity contribution in [1.82, 2.24) is 15.2 Å². The SMILES string of the molecule is CCC(=O)N1CC(C(=O)NCCc2ccccn2)C2(CCOCC2)C1. The zero-order valence-corrected chi connectivity index (χ0v) is 14.9. The second-order valence-electron chi connectivity index (χ2n) is 7.02. The summed E-state index contributed by atoms with van der Waals surface area (Å²) >= 11 is 0. The molecule has 1 aromatic rings. The van der Waals surface area contributed by atoms with Crippen molar-refractivity contribution in [2.24, 2.45) is 11.3 Å². The van der Waals surface area contributed by atoms with E-state index in [0.29, 0.717) is 45.7 Å². The van der Waals surface area contributed by atoms with Gasteiger partial charge in [0.1, 0.15) is 0 Å². The van der Waals surface area contributed by atoms with Gasteiger partial charge in [0.05, 0.1) is 5.92 Å². The van der Waals surface area contributed by atoms with Crippen molar-refractivity contribution >= 4 is 11.8 Å². The van der Waals surface area contributed by atoms with E-state index >= 15 is 0 Å². The lowest BCUT2D eigenvalue weighted by Crippen LogP contribution is -2.44. The molecule has 1 N–H and O–H groups in total. The summed E-state index contributed by atoms with van der Waals surface area (Å²) < 4.78 is 5.50. The van der Waals surface area contributed by atoms with E-state index in [1.54, 1.807) is 6.20 Å². The van der Waals surface area contributed by atoms with E-state index in [9.17, 15) is 9.59 Å². The third-order valence-corrected chi connectivity index (χ3v) is 5.51. The maximum Gasteiger partial charge on any atom is 0.225 e. The Morgan fingerprint density at radius 3 is 2.84 bits per heavy atom. The Bertz CT molecular complexity index is 599. The topological polar surface area (TPSA) is 71.5 Å². The number of rotatable bonds is 5. The smallest absolute Gasteiger partial charge is 0.225 e. The van der Waals surface area contributed by atoms with Gasteiger partial charge in [-0.15, -0.1) is 0 Å². The van der Waals surface area contributed by atoms with Gasteiger partial charge in [-0.05, 0) is 25.0 Å². The quantitative estimate of drug-likeness (QED) is 0.876. The molecular weight excluding hydrogens is 318 g/mol. The van der Waals surface area contributed by atoms with Gasteiger partial charge in [-0.2, -0.15) is 0 Å². The van der Waals surface area contributed by atoms with E-state index in [2.05, 4.69) is 10.3 Å². The molecule has 0 aromatic carbocycles. The molecule has 1 atom stereocenters. The minimum atomic E-state index is -0.143. The number of carbonyl (C=O) groups excluding carboxylic acids is 2. The van der Waals surface area contributed by atoms with Crippen molar-refractivity contribution in [2.45, 2.75) is 32.6 Å². The van der Waals surface area contributed by atoms with Crippen molar-refractivity contribution < 1.29 is 14.3 Å². The molecule has 2 fully saturated rings. The fourth-order valence-corrected chi connectivity index (χ4v) is 4.01. The predicted octanol–water partition coefficient (Wildman–Crippen LogP) is 1.41. The van der Waals surface area contributed by atoms with Crippen LogP contribution >= 0.6 is 0 Å². The Balaban J connectivity index is 1.62. The van der Waals surface area contributed by atoms with Crippen LogP contribution in [0.2, 0.25) is 0 Å². The van der Waals surface area contributed by atoms with E-state index in [-0.39, 0.29) is 23.1 Å². The van der Waals surface area contributed by atoms with Crippen molar-refractivity contribution in [3.63, 3.8) is 0 Å². The third kappa shape index (κ3) is 4.00. The average Bonchev–Trinajstić information content (AvgIpc) is 3.01. The molecule has 3 rings (SSSR count). The van der Waals surface area contributed by atoms with Crippen LogP contribution in [0.4, 0.5) is 0 Å². The largest absolute Gasteiger partial charge is 0.381 e. The molecule has 1 unspecified atom stereocenters. The molecule has 2 aliphatic heterocycles. The molecule has 136 valence electrons. The normalized spacial score (nSPS) is 22.1. The van der Waals surface area contributed by atoms with E-state index in [0.717, 1.165) is 18.5 Å². The van der Waals surface area contributed by atoms with Crippen LogP contribution in [0.1, 0.15) is 31.9 Å². The highest BCUT2D eigenvalue weighted by molar-refractivity contribution is 5.83. The van der Waals surface area contributed by atoms with Gasteiger partial charge in [-0.1, -0.05) is 13.0 Å². The molecule has 6 heteroatoms. The van der Waals surface area contributed by atoms with E-state index in [1.165, 1.54) is 0 Å². The molecule has 0 saturated carbocycles. The summed E-state index contributed by atoms with van der Waals surface area (Å²) in [6.45, 7) is 5.00. The fraction of sp³-hybridized carbons (Fsp3) is 0.632. The predicted molar refractivity (Wildman–Crippen MR) is 93.8 cm³/mol. The third-order valence-electron chi connectivity index (χ3n) is 5.51. The standard InChI is InChI=1S/C19H27N3O3/c1-2-17(23)22-13-16(19(14-22)7-11-25-12-8-19)18(24)21-10-6-15-5-3-4-9-20-15/h3-5,9,16H,2,6-8,10-14H2,1H3,(H,21,24). The summed E-state index contributed by atoms with van der Waals surface area (Å²) in [6, 6.07) is 5.80. The van der Waals surface area contributed by atoms with Crippen molar-refractivity contribution in [2.75, 3.05) is 32.8 Å². The number of amides is 2. The lowest BCUT2D eigenvalue weighted by atomic mass is 9.71. The minimum absolute atomic E-state index is 0.0595. The number of hydrogen-bond acceptors (Lipinski definition) is 4. The van der Waals surface area contributed by atoms with Gasteiger partial charge < -0.3 is 15.0 Å². The van der Waals surface area contributed by atoms with E-state index < -0.39 is 0 Å². The summed E-state index contributed by atoms with van der Waals surface area (Å²) in [6.07, 6.45) is 4.66. The molecule has 25 heavy (non-hydrogen) atoms. The molecule has 6 nitrogen and oxygen atoms in total. The molecule has 3 heterocycles. The van der Waals surface area contributed by atoms with E-state index in [1.807, 2.05) is 30.0 Å². The Morgan fingerprint density at radius 2 is 2.16 bits per heavy atom. The molecule has 2 saturated heterocycles. The first-order valence-electron chi connectivity index (χ1n) is 9.18. The lowest BCUT2D eigenvalue weighted by molar-refractivity contribution is -0.130. The zero-order valence-electron chi connectivity index (χ0n) is 14.9. The highest BCUT2D eigenvalue weighted by atomic mass is 16.5. The average molecular weight is 345 g/mol. The summed E-state index contributed by atoms with van der Waals surface area (Å²) in [5.74, 6) is 0.0505. The van der Waals surface area contributed by atoms with Gasteiger partial charge in [0.25, 0.3) is 0 Å². The minimum Gasteiger partial charge on any atom is -0.381 e. The number of carbonyl (C=O) groups is 2. The number of nitrogens with zero attached hydrogens (tertiary/aromatic N) is 2. The van der Waals surface area contributed by atoms with Crippen LogP contribution in [0.25, 0.3) is 0 Å². The van der Waals surface area contributed by atoms with Crippen molar-refractivity contribution in [3.8, 4) is 0 Å². The number of likely N-dealkylation sites (tertiary alicyclic amines) is 1. The second-order valence-corrected chi connectivity index (χ2v) is 7.02. The molecular formula is C19H27N3O3. The van der Waals surface area contributed by atoms with Crippen LogP contribution < -0.4 is 5.32 Å². The Hall–Kier alpha value is -1.95. The van der Waals surface area contributed by atoms with Gasteiger partial charge in [0, 0.05) is 63.0 Å². The molecule has 0 bridgehead atoms. The molecule has 0 aliphatic carbocycles. The Morgan fingerprint density at radius 1 is 1.36 bits per heavy atom. The summed E-state index contributed by atoms with van der Waals surface area (Å²) in [5.41, 5.74) is 0.843. The number of nitrogens with one attached hydrogen (secondary N) is 1. The zero-order chi connectivity index (χ0) is 17.7. The monoisotopic (exact) mass is 345 g/mol. The van der Waals surface area contributed by atoms with Gasteiger partial charge in [0.2, 0.25) is 11.8 Å². The van der Waals surface area contributed by atoms with Gasteiger partial charge >= 0.3 is 0 Å². The first-order valence-corrected chi connectivity index (χ1v) is 9.18. The first kappa shape index (κ1) is 17.9. The Labute approximate surface area is 148 Å². The molecule has 2 amide bonds. The second kappa shape index (κ2) is 7.95. The van der Waals surface area contributed by atoms with Crippen LogP contribution in [0.5, 0.6) is 0 Å². The maximum atomic E-state index is 12.9. The van der Waals surface area contributed by atoms with Crippen molar-refractivity contribution in [1.29, 1.82) is 0 Å². The highest BCUT2D eigenvalue weighted by Gasteiger charge is 2.51. The van der Waals surface area contributed by atoms with Gasteiger partial charge in [-0.3, -0.25) is 14.6 Å². The molecule has 1 aromatic heterocycles. The van der Waals surface area contributed by atoms with Gasteiger partial charge in [0.15, 0.2) is 0 Å². The van der Waals surface area contributed by atoms with Crippen LogP contribution in [0, 0.1) is 11.3 Å². The first-order chi connectivity index (χ1) is 12.1. The molecule has 0 radical (unpaired) electrons. The molecule has 1 spiro atoms. The fourth-order valence-electron chi connectivity index (χ4n) is 4.01.